The van der Waals surface area contributed by atoms with E-state index in [1.54, 1.807) is 25.3 Å². The number of benzene rings is 3. The third-order valence-corrected chi connectivity index (χ3v) is 8.07. The van der Waals surface area contributed by atoms with Crippen LogP contribution in [0.25, 0.3) is 33.2 Å². The topological polar surface area (TPSA) is 17.0 Å². The first-order valence-electron chi connectivity index (χ1n) is 12.8. The van der Waals surface area contributed by atoms with Crippen LogP contribution in [0.15, 0.2) is 71.3 Å². The molecule has 0 bridgehead atoms. The fourth-order valence-corrected chi connectivity index (χ4v) is 6.14. The quantitative estimate of drug-likeness (QED) is 0.236. The molecular formula is C32H30F2NO+. The molecule has 2 aromatic heterocycles. The van der Waals surface area contributed by atoms with Gasteiger partial charge < -0.3 is 4.42 Å². The van der Waals surface area contributed by atoms with Crippen LogP contribution in [0, 0.1) is 25.5 Å². The molecule has 182 valence electrons. The molecule has 0 unspecified atom stereocenters. The molecule has 1 aliphatic carbocycles. The van der Waals surface area contributed by atoms with E-state index in [-0.39, 0.29) is 17.6 Å². The van der Waals surface area contributed by atoms with E-state index in [0.717, 1.165) is 53.3 Å². The second kappa shape index (κ2) is 8.85. The molecule has 36 heavy (non-hydrogen) atoms. The molecule has 1 aliphatic rings. The highest BCUT2D eigenvalue weighted by Crippen LogP contribution is 2.46. The first-order chi connectivity index (χ1) is 17.4. The fourth-order valence-electron chi connectivity index (χ4n) is 6.14. The monoisotopic (exact) mass is 482 g/mol. The number of nitrogens with zero attached hydrogens (tertiary/aromatic N) is 1. The van der Waals surface area contributed by atoms with E-state index in [0.29, 0.717) is 28.2 Å². The Morgan fingerprint density at radius 1 is 0.750 bits per heavy atom. The smallest absolute Gasteiger partial charge is 0.219 e. The van der Waals surface area contributed by atoms with E-state index in [4.69, 9.17) is 4.42 Å². The van der Waals surface area contributed by atoms with Crippen LogP contribution < -0.4 is 4.57 Å². The van der Waals surface area contributed by atoms with Gasteiger partial charge in [0.15, 0.2) is 6.20 Å². The molecule has 0 amide bonds. The van der Waals surface area contributed by atoms with Gasteiger partial charge in [-0.1, -0.05) is 42.5 Å². The van der Waals surface area contributed by atoms with Gasteiger partial charge in [0.1, 0.15) is 29.8 Å². The Kier molecular flexibility index (Phi) is 5.63. The Morgan fingerprint density at radius 3 is 2.17 bits per heavy atom. The van der Waals surface area contributed by atoms with E-state index < -0.39 is 0 Å². The van der Waals surface area contributed by atoms with Crippen molar-refractivity contribution in [3.63, 3.8) is 0 Å². The van der Waals surface area contributed by atoms with Crippen LogP contribution in [0.4, 0.5) is 8.78 Å². The standard InChI is InChI=1S/C32H30F2NO/c1-19-9-14-24-25-15-16-26(33)30(23-12-10-22(11-13-23)21-7-5-4-6-8-21)32(25)36-31(24)29(19)28-17-27(34)20(2)18-35(28)3/h4-9,14-18,22-23H,10-13H2,1-3H3/q+1. The lowest BCUT2D eigenvalue weighted by atomic mass is 9.76. The average Bonchev–Trinajstić information content (AvgIpc) is 3.25. The summed E-state index contributed by atoms with van der Waals surface area (Å²) in [6, 6.07) is 19.7. The van der Waals surface area contributed by atoms with Crippen LogP contribution in [-0.4, -0.2) is 0 Å². The van der Waals surface area contributed by atoms with Crippen molar-refractivity contribution in [3.05, 3.63) is 101 Å². The average molecular weight is 483 g/mol. The number of hydrogen-bond acceptors (Lipinski definition) is 1. The Bertz CT molecular complexity index is 1590. The molecule has 2 heterocycles. The van der Waals surface area contributed by atoms with Crippen molar-refractivity contribution in [3.8, 4) is 11.3 Å². The van der Waals surface area contributed by atoms with Crippen molar-refractivity contribution in [2.24, 2.45) is 7.05 Å². The summed E-state index contributed by atoms with van der Waals surface area (Å²) in [5.74, 6) is 0.185. The Balaban J connectivity index is 1.47. The Morgan fingerprint density at radius 2 is 1.42 bits per heavy atom. The van der Waals surface area contributed by atoms with Crippen LogP contribution in [0.5, 0.6) is 0 Å². The summed E-state index contributed by atoms with van der Waals surface area (Å²) in [5, 5.41) is 1.86. The van der Waals surface area contributed by atoms with Gasteiger partial charge in [0.05, 0.1) is 5.56 Å². The van der Waals surface area contributed by atoms with Gasteiger partial charge >= 0.3 is 0 Å². The largest absolute Gasteiger partial charge is 0.455 e. The van der Waals surface area contributed by atoms with Gasteiger partial charge in [0.25, 0.3) is 0 Å². The third kappa shape index (κ3) is 3.71. The van der Waals surface area contributed by atoms with Crippen molar-refractivity contribution in [2.45, 2.75) is 51.4 Å². The number of pyridine rings is 1. The van der Waals surface area contributed by atoms with E-state index in [9.17, 15) is 4.39 Å². The first kappa shape index (κ1) is 22.9. The highest BCUT2D eigenvalue weighted by molar-refractivity contribution is 6.10. The zero-order chi connectivity index (χ0) is 25.0. The molecule has 6 rings (SSSR count). The highest BCUT2D eigenvalue weighted by atomic mass is 19.1. The van der Waals surface area contributed by atoms with Crippen molar-refractivity contribution in [2.75, 3.05) is 0 Å². The maximum Gasteiger partial charge on any atom is 0.219 e. The molecule has 4 heteroatoms. The van der Waals surface area contributed by atoms with E-state index in [2.05, 4.69) is 24.3 Å². The van der Waals surface area contributed by atoms with Crippen molar-refractivity contribution in [1.82, 2.24) is 0 Å². The van der Waals surface area contributed by atoms with E-state index in [1.807, 2.05) is 42.8 Å². The lowest BCUT2D eigenvalue weighted by Crippen LogP contribution is -2.31. The SMILES string of the molecule is Cc1c[n+](C)c(-c2c(C)ccc3c2oc2c(C4CCC(c5ccccc5)CC4)c(F)ccc23)cc1F. The zero-order valence-electron chi connectivity index (χ0n) is 20.9. The summed E-state index contributed by atoms with van der Waals surface area (Å²) in [5.41, 5.74) is 6.56. The van der Waals surface area contributed by atoms with E-state index in [1.165, 1.54) is 5.56 Å². The summed E-state index contributed by atoms with van der Waals surface area (Å²) in [6.07, 6.45) is 5.72. The van der Waals surface area contributed by atoms with Gasteiger partial charge in [0, 0.05) is 28.0 Å². The summed E-state index contributed by atoms with van der Waals surface area (Å²) in [6.45, 7) is 3.77. The lowest BCUT2D eigenvalue weighted by Gasteiger charge is -2.29. The summed E-state index contributed by atoms with van der Waals surface area (Å²) < 4.78 is 38.5. The van der Waals surface area contributed by atoms with Crippen LogP contribution in [0.3, 0.4) is 0 Å². The molecule has 1 fully saturated rings. The van der Waals surface area contributed by atoms with Gasteiger partial charge in [-0.25, -0.2) is 13.3 Å². The predicted octanol–water partition coefficient (Wildman–Crippen LogP) is 8.41. The van der Waals surface area contributed by atoms with E-state index >= 15 is 4.39 Å². The van der Waals surface area contributed by atoms with Gasteiger partial charge in [-0.2, -0.15) is 0 Å². The van der Waals surface area contributed by atoms with Crippen LogP contribution in [0.1, 0.15) is 59.8 Å². The third-order valence-electron chi connectivity index (χ3n) is 8.07. The molecule has 0 aliphatic heterocycles. The lowest BCUT2D eigenvalue weighted by molar-refractivity contribution is -0.661. The van der Waals surface area contributed by atoms with Gasteiger partial charge in [0.2, 0.25) is 5.69 Å². The number of fused-ring (bicyclic) bond motifs is 3. The molecule has 0 N–H and O–H groups in total. The molecule has 0 radical (unpaired) electrons. The van der Waals surface area contributed by atoms with Crippen molar-refractivity contribution in [1.29, 1.82) is 0 Å². The Labute approximate surface area is 210 Å². The van der Waals surface area contributed by atoms with Crippen LogP contribution in [-0.2, 0) is 7.05 Å². The predicted molar refractivity (Wildman–Crippen MR) is 140 cm³/mol. The Hall–Kier alpha value is -3.53. The summed E-state index contributed by atoms with van der Waals surface area (Å²) in [7, 11) is 1.92. The molecule has 1 saturated carbocycles. The molecule has 0 spiro atoms. The second-order valence-corrected chi connectivity index (χ2v) is 10.3. The maximum atomic E-state index is 15.4. The number of rotatable bonds is 3. The molecule has 5 aromatic rings. The minimum absolute atomic E-state index is 0.117. The van der Waals surface area contributed by atoms with Crippen molar-refractivity contribution < 1.29 is 17.8 Å². The number of halogens is 2. The minimum atomic E-state index is -0.252. The molecular weight excluding hydrogens is 452 g/mol. The molecule has 3 aromatic carbocycles. The van der Waals surface area contributed by atoms with Crippen LogP contribution >= 0.6 is 0 Å². The normalized spacial score (nSPS) is 18.2. The van der Waals surface area contributed by atoms with Crippen molar-refractivity contribution >= 4 is 21.9 Å². The first-order valence-corrected chi connectivity index (χ1v) is 12.8. The zero-order valence-corrected chi connectivity index (χ0v) is 20.9. The maximum absolute atomic E-state index is 15.4. The minimum Gasteiger partial charge on any atom is -0.455 e. The van der Waals surface area contributed by atoms with Gasteiger partial charge in [-0.3, -0.25) is 0 Å². The highest BCUT2D eigenvalue weighted by Gasteiger charge is 2.30. The second-order valence-electron chi connectivity index (χ2n) is 10.3. The number of aryl methyl sites for hydroxylation is 3. The molecule has 0 saturated heterocycles. The van der Waals surface area contributed by atoms with Crippen LogP contribution in [0.2, 0.25) is 0 Å². The van der Waals surface area contributed by atoms with Gasteiger partial charge in [-0.05, 0) is 74.6 Å². The molecule has 0 atom stereocenters. The van der Waals surface area contributed by atoms with Gasteiger partial charge in [-0.15, -0.1) is 0 Å². The molecule has 2 nitrogen and oxygen atoms in total. The number of hydrogen-bond donors (Lipinski definition) is 0. The number of furan rings is 1. The fraction of sp³-hybridized carbons (Fsp3) is 0.281. The number of aromatic nitrogens is 1. The summed E-state index contributed by atoms with van der Waals surface area (Å²) >= 11 is 0. The summed E-state index contributed by atoms with van der Waals surface area (Å²) in [4.78, 5) is 0.